The molecule has 0 aliphatic heterocycles. The van der Waals surface area contributed by atoms with Gasteiger partial charge < -0.3 is 9.84 Å². The summed E-state index contributed by atoms with van der Waals surface area (Å²) < 4.78 is 7.39. The molecule has 2 saturated carbocycles. The van der Waals surface area contributed by atoms with Gasteiger partial charge in [-0.2, -0.15) is 0 Å². The second-order valence-electron chi connectivity index (χ2n) is 7.43. The molecule has 4 atom stereocenters. The molecule has 0 aromatic heterocycles. The highest BCUT2D eigenvalue weighted by atomic mass is 79.9. The summed E-state index contributed by atoms with van der Waals surface area (Å²) in [6.07, 6.45) is 9.30. The van der Waals surface area contributed by atoms with Gasteiger partial charge in [-0.3, -0.25) is 0 Å². The molecular weight excluding hydrogens is 364 g/mol. The molecular formula is C21H29BrO2. The minimum absolute atomic E-state index is 0.0193. The fraction of sp³-hybridized carbons (Fsp3) is 0.619. The highest BCUT2D eigenvalue weighted by Crippen LogP contribution is 2.65. The van der Waals surface area contributed by atoms with Crippen molar-refractivity contribution >= 4 is 15.9 Å². The van der Waals surface area contributed by atoms with Gasteiger partial charge in [0.25, 0.3) is 0 Å². The maximum Gasteiger partial charge on any atom is 0.0870 e. The fourth-order valence-electron chi connectivity index (χ4n) is 5.18. The zero-order valence-corrected chi connectivity index (χ0v) is 16.2. The van der Waals surface area contributed by atoms with Gasteiger partial charge in [-0.25, -0.2) is 0 Å². The van der Waals surface area contributed by atoms with Crippen LogP contribution in [0.25, 0.3) is 0 Å². The lowest BCUT2D eigenvalue weighted by Crippen LogP contribution is -2.62. The van der Waals surface area contributed by atoms with Gasteiger partial charge in [-0.15, -0.1) is 6.58 Å². The van der Waals surface area contributed by atoms with E-state index in [9.17, 15) is 5.11 Å². The van der Waals surface area contributed by atoms with Crippen LogP contribution in [-0.2, 0) is 4.74 Å². The van der Waals surface area contributed by atoms with Gasteiger partial charge in [0.15, 0.2) is 0 Å². The van der Waals surface area contributed by atoms with E-state index in [-0.39, 0.29) is 11.5 Å². The Labute approximate surface area is 154 Å². The molecule has 0 heterocycles. The summed E-state index contributed by atoms with van der Waals surface area (Å²) in [7, 11) is 0. The number of aliphatic hydroxyl groups is 1. The maximum absolute atomic E-state index is 11.4. The van der Waals surface area contributed by atoms with E-state index in [1.54, 1.807) is 0 Å². The number of rotatable bonds is 6. The fourth-order valence-corrected chi connectivity index (χ4v) is 5.69. The van der Waals surface area contributed by atoms with Crippen LogP contribution in [0.5, 0.6) is 0 Å². The predicted octanol–water partition coefficient (Wildman–Crippen LogP) is 5.80. The van der Waals surface area contributed by atoms with Gasteiger partial charge in [0.05, 0.1) is 11.7 Å². The summed E-state index contributed by atoms with van der Waals surface area (Å²) in [5, 5.41) is 11.4. The topological polar surface area (TPSA) is 29.5 Å². The molecule has 0 saturated heterocycles. The number of hydrogen-bond acceptors (Lipinski definition) is 2. The molecule has 0 radical (unpaired) electrons. The zero-order chi connectivity index (χ0) is 17.2. The molecule has 2 nitrogen and oxygen atoms in total. The first-order valence-corrected chi connectivity index (χ1v) is 10.1. The van der Waals surface area contributed by atoms with Gasteiger partial charge in [0.2, 0.25) is 0 Å². The van der Waals surface area contributed by atoms with Crippen LogP contribution < -0.4 is 0 Å². The Kier molecular flexibility index (Phi) is 5.53. The molecule has 0 bridgehead atoms. The van der Waals surface area contributed by atoms with E-state index in [2.05, 4.69) is 47.6 Å². The van der Waals surface area contributed by atoms with Crippen LogP contribution in [0.3, 0.4) is 0 Å². The summed E-state index contributed by atoms with van der Waals surface area (Å²) in [6.45, 7) is 6.64. The van der Waals surface area contributed by atoms with Gasteiger partial charge in [-0.1, -0.05) is 53.0 Å². The van der Waals surface area contributed by atoms with Gasteiger partial charge in [0, 0.05) is 16.5 Å². The van der Waals surface area contributed by atoms with Crippen molar-refractivity contribution in [2.75, 3.05) is 6.61 Å². The first kappa shape index (κ1) is 18.2. The molecule has 3 heteroatoms. The van der Waals surface area contributed by atoms with Crippen molar-refractivity contribution in [3.63, 3.8) is 0 Å². The molecule has 132 valence electrons. The second kappa shape index (κ2) is 7.31. The quantitative estimate of drug-likeness (QED) is 0.619. The zero-order valence-electron chi connectivity index (χ0n) is 14.6. The third kappa shape index (κ3) is 2.89. The summed E-state index contributed by atoms with van der Waals surface area (Å²) in [4.78, 5) is 0. The third-order valence-corrected chi connectivity index (χ3v) is 7.14. The summed E-state index contributed by atoms with van der Waals surface area (Å²) in [5.41, 5.74) is 0.601. The van der Waals surface area contributed by atoms with Crippen molar-refractivity contribution < 1.29 is 9.84 Å². The average molecular weight is 393 g/mol. The smallest absolute Gasteiger partial charge is 0.0870 e. The van der Waals surface area contributed by atoms with Crippen molar-refractivity contribution in [2.24, 2.45) is 11.3 Å². The molecule has 2 fully saturated rings. The molecule has 1 aromatic rings. The van der Waals surface area contributed by atoms with Crippen molar-refractivity contribution in [1.29, 1.82) is 0 Å². The van der Waals surface area contributed by atoms with Gasteiger partial charge >= 0.3 is 0 Å². The van der Waals surface area contributed by atoms with E-state index in [1.807, 2.05) is 12.1 Å². The van der Waals surface area contributed by atoms with Crippen molar-refractivity contribution in [3.8, 4) is 0 Å². The lowest BCUT2D eigenvalue weighted by molar-refractivity contribution is -0.231. The van der Waals surface area contributed by atoms with E-state index in [0.29, 0.717) is 18.9 Å². The molecule has 0 amide bonds. The number of ether oxygens (including phenoxy) is 1. The van der Waals surface area contributed by atoms with Crippen molar-refractivity contribution in [2.45, 2.75) is 63.6 Å². The van der Waals surface area contributed by atoms with Crippen LogP contribution in [0.4, 0.5) is 0 Å². The lowest BCUT2D eigenvalue weighted by Gasteiger charge is -2.63. The Hall–Kier alpha value is -0.640. The first-order valence-electron chi connectivity index (χ1n) is 9.27. The van der Waals surface area contributed by atoms with Crippen molar-refractivity contribution in [1.82, 2.24) is 0 Å². The van der Waals surface area contributed by atoms with Crippen LogP contribution in [0.2, 0.25) is 0 Å². The molecule has 1 spiro atoms. The lowest BCUT2D eigenvalue weighted by atomic mass is 9.45. The minimum Gasteiger partial charge on any atom is -0.389 e. The van der Waals surface area contributed by atoms with Gasteiger partial charge in [-0.05, 0) is 56.6 Å². The minimum atomic E-state index is -0.601. The molecule has 2 aliphatic rings. The van der Waals surface area contributed by atoms with Crippen LogP contribution in [0, 0.1) is 11.3 Å². The maximum atomic E-state index is 11.4. The molecule has 1 N–H and O–H groups in total. The molecule has 2 aliphatic carbocycles. The van der Waals surface area contributed by atoms with E-state index < -0.39 is 5.60 Å². The standard InChI is InChI=1S/C21H29BrO2/c1-3-12-21(23)15-14-20(21)13-8-7-10-17(20)19(24-4-2)16-9-5-6-11-18(16)22/h3,5-6,9,11,17,19,23H,1,4,7-8,10,12-15H2,2H3/t17-,19-,20+,21-/m1/s1. The van der Waals surface area contributed by atoms with Gasteiger partial charge in [0.1, 0.15) is 0 Å². The van der Waals surface area contributed by atoms with E-state index in [1.165, 1.54) is 18.4 Å². The first-order chi connectivity index (χ1) is 11.6. The highest BCUT2D eigenvalue weighted by molar-refractivity contribution is 9.10. The Bertz CT molecular complexity index is 587. The summed E-state index contributed by atoms with van der Waals surface area (Å²) in [6, 6.07) is 8.38. The summed E-state index contributed by atoms with van der Waals surface area (Å²) in [5.74, 6) is 0.364. The second-order valence-corrected chi connectivity index (χ2v) is 8.28. The van der Waals surface area contributed by atoms with E-state index in [4.69, 9.17) is 4.74 Å². The van der Waals surface area contributed by atoms with E-state index >= 15 is 0 Å². The Morgan fingerprint density at radius 2 is 2.12 bits per heavy atom. The van der Waals surface area contributed by atoms with Crippen molar-refractivity contribution in [3.05, 3.63) is 47.0 Å². The van der Waals surface area contributed by atoms with Crippen LogP contribution in [0.15, 0.2) is 41.4 Å². The third-order valence-electron chi connectivity index (χ3n) is 6.41. The van der Waals surface area contributed by atoms with E-state index in [0.717, 1.165) is 30.2 Å². The Balaban J connectivity index is 1.99. The summed E-state index contributed by atoms with van der Waals surface area (Å²) >= 11 is 3.71. The van der Waals surface area contributed by atoms with Crippen LogP contribution >= 0.6 is 15.9 Å². The number of halogens is 1. The van der Waals surface area contributed by atoms with Crippen LogP contribution in [-0.4, -0.2) is 17.3 Å². The Morgan fingerprint density at radius 3 is 2.75 bits per heavy atom. The molecule has 1 aromatic carbocycles. The molecule has 24 heavy (non-hydrogen) atoms. The largest absolute Gasteiger partial charge is 0.389 e. The normalized spacial score (nSPS) is 33.9. The average Bonchev–Trinajstić information content (AvgIpc) is 2.60. The monoisotopic (exact) mass is 392 g/mol. The SMILES string of the molecule is C=CC[C@@]1(O)CC[C@]12CCCC[C@@H]2[C@H](OCC)c1ccccc1Br. The number of hydrogen-bond donors (Lipinski definition) is 1. The molecule has 3 rings (SSSR count). The van der Waals surface area contributed by atoms with Crippen LogP contribution in [0.1, 0.15) is 63.5 Å². The molecule has 0 unspecified atom stereocenters. The highest BCUT2D eigenvalue weighted by Gasteiger charge is 2.63. The number of benzene rings is 1. The predicted molar refractivity (Wildman–Crippen MR) is 102 cm³/mol. The Morgan fingerprint density at radius 1 is 1.33 bits per heavy atom.